The van der Waals surface area contributed by atoms with Crippen LogP contribution < -0.4 is 15.4 Å². The number of carboxylic acids is 1. The highest BCUT2D eigenvalue weighted by Gasteiger charge is 2.34. The van der Waals surface area contributed by atoms with Crippen molar-refractivity contribution in [2.24, 2.45) is 0 Å². The maximum absolute atomic E-state index is 12.2. The molecule has 1 fully saturated rings. The Labute approximate surface area is 143 Å². The monoisotopic (exact) mass is 357 g/mol. The number of alkyl halides is 2. The van der Waals surface area contributed by atoms with Gasteiger partial charge < -0.3 is 20.5 Å². The van der Waals surface area contributed by atoms with Crippen molar-refractivity contribution in [1.82, 2.24) is 10.2 Å². The number of anilines is 1. The summed E-state index contributed by atoms with van der Waals surface area (Å²) < 4.78 is 28.7. The summed E-state index contributed by atoms with van der Waals surface area (Å²) in [5, 5.41) is 14.2. The number of halogens is 2. The standard InChI is InChI=1S/C16H21F2N3O4/c1-2-21(9-14(22)23)12-6-11(7-12)20-16(24)19-10-4-3-5-13(8-10)25-15(17)18/h3-5,8,11-12,15H,2,6-7,9H2,1H3,(H,22,23)(H2,19,20,24). The van der Waals surface area contributed by atoms with Crippen LogP contribution >= 0.6 is 0 Å². The molecule has 1 saturated carbocycles. The van der Waals surface area contributed by atoms with E-state index in [2.05, 4.69) is 15.4 Å². The summed E-state index contributed by atoms with van der Waals surface area (Å²) in [5.41, 5.74) is 0.340. The van der Waals surface area contributed by atoms with Crippen LogP contribution in [0.2, 0.25) is 0 Å². The van der Waals surface area contributed by atoms with Crippen LogP contribution in [0, 0.1) is 0 Å². The molecular formula is C16H21F2N3O4. The van der Waals surface area contributed by atoms with Crippen molar-refractivity contribution >= 4 is 17.7 Å². The maximum atomic E-state index is 12.2. The normalized spacial score (nSPS) is 19.4. The van der Waals surface area contributed by atoms with Crippen LogP contribution in [0.1, 0.15) is 19.8 Å². The van der Waals surface area contributed by atoms with Gasteiger partial charge in [-0.2, -0.15) is 8.78 Å². The van der Waals surface area contributed by atoms with Gasteiger partial charge in [-0.05, 0) is 31.5 Å². The van der Waals surface area contributed by atoms with Crippen LogP contribution in [0.3, 0.4) is 0 Å². The van der Waals surface area contributed by atoms with E-state index in [9.17, 15) is 18.4 Å². The molecule has 1 aliphatic carbocycles. The van der Waals surface area contributed by atoms with Gasteiger partial charge in [0, 0.05) is 23.8 Å². The highest BCUT2D eigenvalue weighted by Crippen LogP contribution is 2.26. The van der Waals surface area contributed by atoms with Crippen molar-refractivity contribution in [3.63, 3.8) is 0 Å². The number of hydrogen-bond donors (Lipinski definition) is 3. The Morgan fingerprint density at radius 3 is 2.72 bits per heavy atom. The van der Waals surface area contributed by atoms with E-state index < -0.39 is 18.6 Å². The predicted octanol–water partition coefficient (Wildman–Crippen LogP) is 2.35. The Morgan fingerprint density at radius 2 is 2.12 bits per heavy atom. The molecule has 0 aliphatic heterocycles. The van der Waals surface area contributed by atoms with E-state index in [0.717, 1.165) is 0 Å². The zero-order chi connectivity index (χ0) is 18.4. The molecule has 0 atom stereocenters. The van der Waals surface area contributed by atoms with Crippen LogP contribution in [0.4, 0.5) is 19.3 Å². The fourth-order valence-electron chi connectivity index (χ4n) is 2.78. The van der Waals surface area contributed by atoms with E-state index in [1.54, 1.807) is 6.07 Å². The van der Waals surface area contributed by atoms with Crippen molar-refractivity contribution < 1.29 is 28.2 Å². The lowest BCUT2D eigenvalue weighted by Gasteiger charge is -2.42. The topological polar surface area (TPSA) is 90.9 Å². The molecule has 2 rings (SSSR count). The molecule has 3 N–H and O–H groups in total. The minimum Gasteiger partial charge on any atom is -0.480 e. The van der Waals surface area contributed by atoms with Gasteiger partial charge in [0.2, 0.25) is 0 Å². The van der Waals surface area contributed by atoms with E-state index >= 15 is 0 Å². The number of carbonyl (C=O) groups excluding carboxylic acids is 1. The summed E-state index contributed by atoms with van der Waals surface area (Å²) in [4.78, 5) is 24.6. The summed E-state index contributed by atoms with van der Waals surface area (Å²) in [6.45, 7) is -0.419. The maximum Gasteiger partial charge on any atom is 0.387 e. The van der Waals surface area contributed by atoms with E-state index in [0.29, 0.717) is 25.1 Å². The number of nitrogens with one attached hydrogen (secondary N) is 2. The number of ether oxygens (including phenoxy) is 1. The van der Waals surface area contributed by atoms with Crippen molar-refractivity contribution in [3.8, 4) is 5.75 Å². The Balaban J connectivity index is 1.77. The third kappa shape index (κ3) is 5.86. The van der Waals surface area contributed by atoms with Crippen molar-refractivity contribution in [2.45, 2.75) is 38.5 Å². The molecule has 0 heterocycles. The van der Waals surface area contributed by atoms with Crippen molar-refractivity contribution in [2.75, 3.05) is 18.4 Å². The number of benzene rings is 1. The zero-order valence-corrected chi connectivity index (χ0v) is 13.7. The Bertz CT molecular complexity index is 609. The second-order valence-corrected chi connectivity index (χ2v) is 5.78. The van der Waals surface area contributed by atoms with Gasteiger partial charge in [0.05, 0.1) is 6.54 Å². The molecule has 9 heteroatoms. The molecule has 0 saturated heterocycles. The Morgan fingerprint density at radius 1 is 1.40 bits per heavy atom. The molecule has 0 radical (unpaired) electrons. The third-order valence-electron chi connectivity index (χ3n) is 4.03. The number of carboxylic acid groups (broad SMARTS) is 1. The average Bonchev–Trinajstić information content (AvgIpc) is 2.48. The number of rotatable bonds is 8. The SMILES string of the molecule is CCN(CC(=O)O)C1CC(NC(=O)Nc2cccc(OC(F)F)c2)C1. The molecule has 2 amide bonds. The van der Waals surface area contributed by atoms with Crippen LogP contribution in [-0.4, -0.2) is 53.8 Å². The van der Waals surface area contributed by atoms with Gasteiger partial charge in [-0.15, -0.1) is 0 Å². The first-order valence-electron chi connectivity index (χ1n) is 7.95. The number of nitrogens with zero attached hydrogens (tertiary/aromatic N) is 1. The summed E-state index contributed by atoms with van der Waals surface area (Å²) in [7, 11) is 0. The number of urea groups is 1. The number of carbonyl (C=O) groups is 2. The molecule has 1 aliphatic rings. The lowest BCUT2D eigenvalue weighted by atomic mass is 9.85. The molecule has 138 valence electrons. The molecular weight excluding hydrogens is 336 g/mol. The molecule has 0 unspecified atom stereocenters. The molecule has 0 aromatic heterocycles. The van der Waals surface area contributed by atoms with Gasteiger partial charge in [0.25, 0.3) is 0 Å². The fraction of sp³-hybridized carbons (Fsp3) is 0.500. The van der Waals surface area contributed by atoms with E-state index in [-0.39, 0.29) is 24.4 Å². The summed E-state index contributed by atoms with van der Waals surface area (Å²) in [5.74, 6) is -0.911. The second-order valence-electron chi connectivity index (χ2n) is 5.78. The summed E-state index contributed by atoms with van der Waals surface area (Å²) >= 11 is 0. The van der Waals surface area contributed by atoms with Crippen LogP contribution in [0.15, 0.2) is 24.3 Å². The van der Waals surface area contributed by atoms with E-state index in [1.807, 2.05) is 11.8 Å². The Hall–Kier alpha value is -2.42. The van der Waals surface area contributed by atoms with Crippen LogP contribution in [0.25, 0.3) is 0 Å². The molecule has 1 aromatic rings. The van der Waals surface area contributed by atoms with Crippen molar-refractivity contribution in [3.05, 3.63) is 24.3 Å². The highest BCUT2D eigenvalue weighted by atomic mass is 19.3. The first-order chi connectivity index (χ1) is 11.9. The Kier molecular flexibility index (Phi) is 6.51. The smallest absolute Gasteiger partial charge is 0.387 e. The number of amides is 2. The van der Waals surface area contributed by atoms with Crippen LogP contribution in [-0.2, 0) is 4.79 Å². The molecule has 0 spiro atoms. The molecule has 0 bridgehead atoms. The van der Waals surface area contributed by atoms with Gasteiger partial charge in [0.1, 0.15) is 5.75 Å². The highest BCUT2D eigenvalue weighted by molar-refractivity contribution is 5.89. The number of likely N-dealkylation sites (N-methyl/N-ethyl adjacent to an activating group) is 1. The lowest BCUT2D eigenvalue weighted by molar-refractivity contribution is -0.139. The first kappa shape index (κ1) is 18.9. The minimum atomic E-state index is -2.93. The van der Waals surface area contributed by atoms with E-state index in [4.69, 9.17) is 5.11 Å². The average molecular weight is 357 g/mol. The fourth-order valence-corrected chi connectivity index (χ4v) is 2.78. The second kappa shape index (κ2) is 8.61. The largest absolute Gasteiger partial charge is 0.480 e. The van der Waals surface area contributed by atoms with Gasteiger partial charge in [0.15, 0.2) is 0 Å². The summed E-state index contributed by atoms with van der Waals surface area (Å²) in [6.07, 6.45) is 1.34. The first-order valence-corrected chi connectivity index (χ1v) is 7.95. The molecule has 7 nitrogen and oxygen atoms in total. The van der Waals surface area contributed by atoms with Crippen molar-refractivity contribution in [1.29, 1.82) is 0 Å². The van der Waals surface area contributed by atoms with Gasteiger partial charge in [-0.25, -0.2) is 4.79 Å². The number of aliphatic carboxylic acids is 1. The third-order valence-corrected chi connectivity index (χ3v) is 4.03. The molecule has 1 aromatic carbocycles. The van der Waals surface area contributed by atoms with Crippen LogP contribution in [0.5, 0.6) is 5.75 Å². The predicted molar refractivity (Wildman–Crippen MR) is 86.9 cm³/mol. The zero-order valence-electron chi connectivity index (χ0n) is 13.7. The van der Waals surface area contributed by atoms with E-state index in [1.165, 1.54) is 18.2 Å². The summed E-state index contributed by atoms with van der Waals surface area (Å²) in [6, 6.07) is 5.38. The molecule has 25 heavy (non-hydrogen) atoms. The van der Waals surface area contributed by atoms with Gasteiger partial charge in [-0.1, -0.05) is 13.0 Å². The quantitative estimate of drug-likeness (QED) is 0.664. The van der Waals surface area contributed by atoms with Gasteiger partial charge >= 0.3 is 18.6 Å². The number of hydrogen-bond acceptors (Lipinski definition) is 4. The lowest BCUT2D eigenvalue weighted by Crippen LogP contribution is -2.55. The minimum absolute atomic E-state index is 0.0169. The van der Waals surface area contributed by atoms with Gasteiger partial charge in [-0.3, -0.25) is 9.69 Å².